The molecule has 1 heterocycles. The second-order valence-electron chi connectivity index (χ2n) is 4.32. The van der Waals surface area contributed by atoms with Crippen molar-refractivity contribution in [2.45, 2.75) is 51.3 Å². The molecule has 0 spiro atoms. The first-order valence-corrected chi connectivity index (χ1v) is 4.83. The number of nitrogens with one attached hydrogen (secondary N) is 1. The lowest BCUT2D eigenvalue weighted by Crippen LogP contribution is -2.46. The minimum atomic E-state index is -0.0566. The van der Waals surface area contributed by atoms with E-state index in [1.165, 1.54) is 0 Å². The Bertz CT molecular complexity index is 207. The molecule has 3 nitrogen and oxygen atoms in total. The molecule has 1 N–H and O–H groups in total. The van der Waals surface area contributed by atoms with Crippen LogP contribution in [-0.2, 0) is 4.74 Å². The molecule has 0 aromatic carbocycles. The minimum absolute atomic E-state index is 0.0366. The number of nitrogens with zero attached hydrogens (tertiary/aromatic N) is 1. The van der Waals surface area contributed by atoms with Gasteiger partial charge in [0.25, 0.3) is 0 Å². The highest BCUT2D eigenvalue weighted by Gasteiger charge is 2.29. The van der Waals surface area contributed by atoms with E-state index in [1.807, 2.05) is 6.92 Å². The highest BCUT2D eigenvalue weighted by molar-refractivity contribution is 4.91. The molecule has 0 bridgehead atoms. The van der Waals surface area contributed by atoms with E-state index in [0.717, 1.165) is 19.4 Å². The standard InChI is InChI=1S/C10H18N2O/c1-8(7-11)12-9-4-5-13-10(2,3)6-9/h8-9,12H,4-6H2,1-3H3. The molecule has 0 saturated carbocycles. The van der Waals surface area contributed by atoms with Crippen LogP contribution < -0.4 is 5.32 Å². The largest absolute Gasteiger partial charge is 0.375 e. The monoisotopic (exact) mass is 182 g/mol. The lowest BCUT2D eigenvalue weighted by Gasteiger charge is -2.36. The Balaban J connectivity index is 2.40. The average Bonchev–Trinajstić information content (AvgIpc) is 2.02. The first kappa shape index (κ1) is 10.5. The maximum Gasteiger partial charge on any atom is 0.0926 e. The third-order valence-corrected chi connectivity index (χ3v) is 2.38. The van der Waals surface area contributed by atoms with Gasteiger partial charge in [-0.3, -0.25) is 5.32 Å². The van der Waals surface area contributed by atoms with Crippen LogP contribution in [0.4, 0.5) is 0 Å². The molecule has 0 aromatic rings. The fourth-order valence-electron chi connectivity index (χ4n) is 1.76. The first-order chi connectivity index (χ1) is 6.03. The molecule has 1 rings (SSSR count). The van der Waals surface area contributed by atoms with Gasteiger partial charge in [-0.05, 0) is 33.6 Å². The summed E-state index contributed by atoms with van der Waals surface area (Å²) in [5.41, 5.74) is -0.0366. The Kier molecular flexibility index (Phi) is 3.29. The molecule has 3 heteroatoms. The molecular formula is C10H18N2O. The van der Waals surface area contributed by atoms with E-state index in [2.05, 4.69) is 25.2 Å². The second-order valence-corrected chi connectivity index (χ2v) is 4.32. The molecule has 74 valence electrons. The van der Waals surface area contributed by atoms with Gasteiger partial charge in [0.2, 0.25) is 0 Å². The number of ether oxygens (including phenoxy) is 1. The number of rotatable bonds is 2. The zero-order chi connectivity index (χ0) is 9.90. The van der Waals surface area contributed by atoms with Gasteiger partial charge in [0, 0.05) is 12.6 Å². The van der Waals surface area contributed by atoms with E-state index in [9.17, 15) is 0 Å². The van der Waals surface area contributed by atoms with Crippen LogP contribution in [0.25, 0.3) is 0 Å². The van der Waals surface area contributed by atoms with Crippen LogP contribution in [0.5, 0.6) is 0 Å². The first-order valence-electron chi connectivity index (χ1n) is 4.83. The molecular weight excluding hydrogens is 164 g/mol. The van der Waals surface area contributed by atoms with Crippen LogP contribution in [0.15, 0.2) is 0 Å². The Labute approximate surface area is 80.1 Å². The van der Waals surface area contributed by atoms with Crippen LogP contribution >= 0.6 is 0 Å². The van der Waals surface area contributed by atoms with Gasteiger partial charge in [-0.1, -0.05) is 0 Å². The SMILES string of the molecule is CC(C#N)NC1CCOC(C)(C)C1. The smallest absolute Gasteiger partial charge is 0.0926 e. The highest BCUT2D eigenvalue weighted by atomic mass is 16.5. The molecule has 13 heavy (non-hydrogen) atoms. The van der Waals surface area contributed by atoms with Gasteiger partial charge in [0.05, 0.1) is 17.7 Å². The van der Waals surface area contributed by atoms with Crippen LogP contribution in [0, 0.1) is 11.3 Å². The van der Waals surface area contributed by atoms with Crippen molar-refractivity contribution >= 4 is 0 Å². The third-order valence-electron chi connectivity index (χ3n) is 2.38. The Morgan fingerprint density at radius 2 is 2.31 bits per heavy atom. The van der Waals surface area contributed by atoms with Gasteiger partial charge in [0.1, 0.15) is 0 Å². The number of nitriles is 1. The minimum Gasteiger partial charge on any atom is -0.375 e. The van der Waals surface area contributed by atoms with Crippen molar-refractivity contribution in [2.75, 3.05) is 6.61 Å². The van der Waals surface area contributed by atoms with E-state index in [4.69, 9.17) is 10.00 Å². The van der Waals surface area contributed by atoms with Gasteiger partial charge in [-0.2, -0.15) is 5.26 Å². The van der Waals surface area contributed by atoms with E-state index in [-0.39, 0.29) is 11.6 Å². The van der Waals surface area contributed by atoms with E-state index in [0.29, 0.717) is 6.04 Å². The average molecular weight is 182 g/mol. The van der Waals surface area contributed by atoms with Crippen molar-refractivity contribution in [3.8, 4) is 6.07 Å². The lowest BCUT2D eigenvalue weighted by atomic mass is 9.93. The summed E-state index contributed by atoms with van der Waals surface area (Å²) in [5, 5.41) is 11.9. The Hall–Kier alpha value is -0.590. The summed E-state index contributed by atoms with van der Waals surface area (Å²) in [5.74, 6) is 0. The number of hydrogen-bond donors (Lipinski definition) is 1. The Morgan fingerprint density at radius 1 is 1.62 bits per heavy atom. The molecule has 0 amide bonds. The van der Waals surface area contributed by atoms with Crippen molar-refractivity contribution in [3.05, 3.63) is 0 Å². The van der Waals surface area contributed by atoms with Crippen molar-refractivity contribution in [1.29, 1.82) is 5.26 Å². The maximum absolute atomic E-state index is 8.65. The van der Waals surface area contributed by atoms with E-state index >= 15 is 0 Å². The maximum atomic E-state index is 8.65. The van der Waals surface area contributed by atoms with Crippen molar-refractivity contribution in [1.82, 2.24) is 5.32 Å². The summed E-state index contributed by atoms with van der Waals surface area (Å²) in [6.45, 7) is 6.88. The van der Waals surface area contributed by atoms with Crippen LogP contribution in [0.2, 0.25) is 0 Å². The zero-order valence-corrected chi connectivity index (χ0v) is 8.63. The number of hydrogen-bond acceptors (Lipinski definition) is 3. The third kappa shape index (κ3) is 3.33. The van der Waals surface area contributed by atoms with E-state index in [1.54, 1.807) is 0 Å². The molecule has 1 aliphatic rings. The predicted molar refractivity (Wildman–Crippen MR) is 51.3 cm³/mol. The van der Waals surface area contributed by atoms with Crippen molar-refractivity contribution < 1.29 is 4.74 Å². The van der Waals surface area contributed by atoms with Crippen molar-refractivity contribution in [3.63, 3.8) is 0 Å². The predicted octanol–water partition coefficient (Wildman–Crippen LogP) is 1.45. The van der Waals surface area contributed by atoms with Gasteiger partial charge in [0.15, 0.2) is 0 Å². The van der Waals surface area contributed by atoms with Gasteiger partial charge < -0.3 is 4.74 Å². The molecule has 0 aromatic heterocycles. The summed E-state index contributed by atoms with van der Waals surface area (Å²) in [6.07, 6.45) is 1.99. The van der Waals surface area contributed by atoms with Crippen molar-refractivity contribution in [2.24, 2.45) is 0 Å². The molecule has 0 radical (unpaired) electrons. The van der Waals surface area contributed by atoms with Gasteiger partial charge >= 0.3 is 0 Å². The summed E-state index contributed by atoms with van der Waals surface area (Å²) >= 11 is 0. The highest BCUT2D eigenvalue weighted by Crippen LogP contribution is 2.23. The topological polar surface area (TPSA) is 45.0 Å². The molecule has 2 atom stereocenters. The van der Waals surface area contributed by atoms with E-state index < -0.39 is 0 Å². The molecule has 1 aliphatic heterocycles. The Morgan fingerprint density at radius 3 is 2.85 bits per heavy atom. The fraction of sp³-hybridized carbons (Fsp3) is 0.900. The fourth-order valence-corrected chi connectivity index (χ4v) is 1.76. The second kappa shape index (κ2) is 4.08. The van der Waals surface area contributed by atoms with Gasteiger partial charge in [-0.25, -0.2) is 0 Å². The molecule has 1 saturated heterocycles. The summed E-state index contributed by atoms with van der Waals surface area (Å²) in [4.78, 5) is 0. The normalized spacial score (nSPS) is 29.2. The van der Waals surface area contributed by atoms with Gasteiger partial charge in [-0.15, -0.1) is 0 Å². The lowest BCUT2D eigenvalue weighted by molar-refractivity contribution is -0.0633. The summed E-state index contributed by atoms with van der Waals surface area (Å²) < 4.78 is 5.59. The summed E-state index contributed by atoms with van der Waals surface area (Å²) in [7, 11) is 0. The van der Waals surface area contributed by atoms with Crippen LogP contribution in [0.1, 0.15) is 33.6 Å². The van der Waals surface area contributed by atoms with Crippen LogP contribution in [-0.4, -0.2) is 24.3 Å². The molecule has 1 fully saturated rings. The molecule has 0 aliphatic carbocycles. The van der Waals surface area contributed by atoms with Crippen LogP contribution in [0.3, 0.4) is 0 Å². The quantitative estimate of drug-likeness (QED) is 0.703. The molecule has 2 unspecified atom stereocenters. The summed E-state index contributed by atoms with van der Waals surface area (Å²) in [6, 6.07) is 2.56. The zero-order valence-electron chi connectivity index (χ0n) is 8.63.